The van der Waals surface area contributed by atoms with Gasteiger partial charge in [-0.2, -0.15) is 0 Å². The average molecular weight is 255 g/mol. The first-order chi connectivity index (χ1) is 8.56. The molecule has 1 atom stereocenters. The highest BCUT2D eigenvalue weighted by Crippen LogP contribution is 2.45. The zero-order valence-electron chi connectivity index (χ0n) is 10.6. The van der Waals surface area contributed by atoms with Crippen molar-refractivity contribution in [2.45, 2.75) is 51.0 Å². The van der Waals surface area contributed by atoms with Gasteiger partial charge in [-0.1, -0.05) is 19.3 Å². The van der Waals surface area contributed by atoms with Crippen LogP contribution in [0, 0.1) is 5.41 Å². The second kappa shape index (κ2) is 5.36. The molecule has 1 saturated heterocycles. The maximum atomic E-state index is 12.0. The van der Waals surface area contributed by atoms with Crippen molar-refractivity contribution in [3.8, 4) is 0 Å². The zero-order valence-corrected chi connectivity index (χ0v) is 10.6. The Kier molecular flexibility index (Phi) is 4.02. The Balaban J connectivity index is 2.03. The van der Waals surface area contributed by atoms with E-state index in [1.54, 1.807) is 0 Å². The quantitative estimate of drug-likeness (QED) is 0.717. The van der Waals surface area contributed by atoms with Crippen LogP contribution >= 0.6 is 0 Å². The maximum Gasteiger partial charge on any atom is 0.229 e. The maximum absolute atomic E-state index is 12.0. The van der Waals surface area contributed by atoms with E-state index < -0.39 is 12.7 Å². The molecule has 2 amide bonds. The molecule has 2 fully saturated rings. The average Bonchev–Trinajstić information content (AvgIpc) is 2.34. The number of rotatable bonds is 3. The summed E-state index contributed by atoms with van der Waals surface area (Å²) in [6, 6.07) is 0. The molecule has 1 heterocycles. The van der Waals surface area contributed by atoms with Crippen LogP contribution in [-0.4, -0.2) is 46.2 Å². The molecule has 5 heteroatoms. The van der Waals surface area contributed by atoms with Crippen LogP contribution in [0.25, 0.3) is 0 Å². The molecule has 1 aliphatic heterocycles. The fourth-order valence-corrected chi connectivity index (χ4v) is 3.16. The van der Waals surface area contributed by atoms with Crippen LogP contribution < -0.4 is 0 Å². The number of hydrogen-bond donors (Lipinski definition) is 2. The summed E-state index contributed by atoms with van der Waals surface area (Å²) in [5.74, 6) is -0.388. The van der Waals surface area contributed by atoms with E-state index in [1.165, 1.54) is 6.42 Å². The smallest absolute Gasteiger partial charge is 0.229 e. The van der Waals surface area contributed by atoms with E-state index in [0.717, 1.165) is 30.6 Å². The molecule has 0 aromatic rings. The summed E-state index contributed by atoms with van der Waals surface area (Å²) in [5.41, 5.74) is -0.118. The van der Waals surface area contributed by atoms with Gasteiger partial charge in [0, 0.05) is 12.8 Å². The van der Waals surface area contributed by atoms with Gasteiger partial charge in [-0.25, -0.2) is 0 Å². The summed E-state index contributed by atoms with van der Waals surface area (Å²) in [7, 11) is 0. The second-order valence-electron chi connectivity index (χ2n) is 5.65. The lowest BCUT2D eigenvalue weighted by Crippen LogP contribution is -2.51. The molecular formula is C13H21NO4. The van der Waals surface area contributed by atoms with Crippen LogP contribution in [0.2, 0.25) is 0 Å². The van der Waals surface area contributed by atoms with Gasteiger partial charge in [-0.05, 0) is 18.3 Å². The number of aliphatic hydroxyl groups excluding tert-OH is 2. The number of likely N-dealkylation sites (tertiary alicyclic amines) is 1. The number of nitrogens with zero attached hydrogens (tertiary/aromatic N) is 1. The van der Waals surface area contributed by atoms with Crippen molar-refractivity contribution in [2.75, 3.05) is 13.2 Å². The van der Waals surface area contributed by atoms with E-state index in [2.05, 4.69) is 0 Å². The molecular weight excluding hydrogens is 234 g/mol. The van der Waals surface area contributed by atoms with Crippen LogP contribution in [0.15, 0.2) is 0 Å². The molecule has 1 saturated carbocycles. The monoisotopic (exact) mass is 255 g/mol. The SMILES string of the molecule is O=C1CC2(CCCCC2)CC(=O)N1CC(O)CO. The third kappa shape index (κ3) is 2.72. The van der Waals surface area contributed by atoms with Gasteiger partial charge >= 0.3 is 0 Å². The van der Waals surface area contributed by atoms with E-state index in [1.807, 2.05) is 0 Å². The van der Waals surface area contributed by atoms with E-state index in [-0.39, 0.29) is 23.8 Å². The minimum atomic E-state index is -1.03. The van der Waals surface area contributed by atoms with Gasteiger partial charge in [0.2, 0.25) is 11.8 Å². The number of aliphatic hydroxyl groups is 2. The van der Waals surface area contributed by atoms with Crippen molar-refractivity contribution in [3.05, 3.63) is 0 Å². The Morgan fingerprint density at radius 3 is 2.17 bits per heavy atom. The highest BCUT2D eigenvalue weighted by atomic mass is 16.3. The van der Waals surface area contributed by atoms with Gasteiger partial charge in [-0.15, -0.1) is 0 Å². The lowest BCUT2D eigenvalue weighted by molar-refractivity contribution is -0.156. The van der Waals surface area contributed by atoms with Crippen LogP contribution in [0.1, 0.15) is 44.9 Å². The number of piperidine rings is 1. The number of imide groups is 1. The number of β-amino-alcohol motifs (C(OH)–C–C–N with tert-alkyl or cyclic N) is 1. The molecule has 0 aromatic heterocycles. The van der Waals surface area contributed by atoms with Crippen LogP contribution in [0.3, 0.4) is 0 Å². The van der Waals surface area contributed by atoms with E-state index in [4.69, 9.17) is 5.11 Å². The first kappa shape index (κ1) is 13.5. The summed E-state index contributed by atoms with van der Waals surface area (Å²) in [5, 5.41) is 18.1. The summed E-state index contributed by atoms with van der Waals surface area (Å²) in [6.45, 7) is -0.507. The van der Waals surface area contributed by atoms with Crippen LogP contribution in [-0.2, 0) is 9.59 Å². The molecule has 1 spiro atoms. The molecule has 2 aliphatic rings. The van der Waals surface area contributed by atoms with Crippen molar-refractivity contribution in [1.82, 2.24) is 4.90 Å². The van der Waals surface area contributed by atoms with Crippen LogP contribution in [0.4, 0.5) is 0 Å². The van der Waals surface area contributed by atoms with Gasteiger partial charge in [0.1, 0.15) is 0 Å². The van der Waals surface area contributed by atoms with Gasteiger partial charge in [0.05, 0.1) is 19.3 Å². The Hall–Kier alpha value is -0.940. The van der Waals surface area contributed by atoms with Crippen molar-refractivity contribution in [2.24, 2.45) is 5.41 Å². The highest BCUT2D eigenvalue weighted by Gasteiger charge is 2.44. The number of carbonyl (C=O) groups is 2. The minimum Gasteiger partial charge on any atom is -0.394 e. The predicted octanol–water partition coefficient (Wildman–Crippen LogP) is 0.439. The Labute approximate surface area is 107 Å². The molecule has 18 heavy (non-hydrogen) atoms. The van der Waals surface area contributed by atoms with Gasteiger partial charge in [0.25, 0.3) is 0 Å². The summed E-state index contributed by atoms with van der Waals surface area (Å²) < 4.78 is 0. The molecule has 2 rings (SSSR count). The van der Waals surface area contributed by atoms with Crippen molar-refractivity contribution >= 4 is 11.8 Å². The Morgan fingerprint density at radius 1 is 1.11 bits per heavy atom. The van der Waals surface area contributed by atoms with Gasteiger partial charge in [-0.3, -0.25) is 14.5 Å². The molecule has 5 nitrogen and oxygen atoms in total. The molecule has 102 valence electrons. The van der Waals surface area contributed by atoms with Crippen molar-refractivity contribution < 1.29 is 19.8 Å². The van der Waals surface area contributed by atoms with Gasteiger partial charge in [0.15, 0.2) is 0 Å². The predicted molar refractivity (Wildman–Crippen MR) is 64.6 cm³/mol. The van der Waals surface area contributed by atoms with E-state index in [9.17, 15) is 14.7 Å². The van der Waals surface area contributed by atoms with E-state index in [0.29, 0.717) is 12.8 Å². The van der Waals surface area contributed by atoms with Crippen molar-refractivity contribution in [1.29, 1.82) is 0 Å². The number of amides is 2. The fraction of sp³-hybridized carbons (Fsp3) is 0.846. The third-order valence-corrected chi connectivity index (χ3v) is 4.17. The third-order valence-electron chi connectivity index (χ3n) is 4.17. The Morgan fingerprint density at radius 2 is 1.67 bits per heavy atom. The van der Waals surface area contributed by atoms with Crippen molar-refractivity contribution in [3.63, 3.8) is 0 Å². The molecule has 2 N–H and O–H groups in total. The summed E-state index contributed by atoms with van der Waals surface area (Å²) in [4.78, 5) is 25.2. The normalized spacial score (nSPS) is 25.6. The molecule has 0 aromatic carbocycles. The highest BCUT2D eigenvalue weighted by molar-refractivity contribution is 5.98. The second-order valence-corrected chi connectivity index (χ2v) is 5.65. The standard InChI is InChI=1S/C13H21NO4/c15-9-10(16)8-14-11(17)6-13(7-12(14)18)4-2-1-3-5-13/h10,15-16H,1-9H2. The number of hydrogen-bond acceptors (Lipinski definition) is 4. The summed E-state index contributed by atoms with van der Waals surface area (Å²) >= 11 is 0. The molecule has 1 unspecified atom stereocenters. The first-order valence-electron chi connectivity index (χ1n) is 6.68. The molecule has 0 radical (unpaired) electrons. The molecule has 1 aliphatic carbocycles. The fourth-order valence-electron chi connectivity index (χ4n) is 3.16. The lowest BCUT2D eigenvalue weighted by Gasteiger charge is -2.42. The lowest BCUT2D eigenvalue weighted by atomic mass is 9.67. The first-order valence-corrected chi connectivity index (χ1v) is 6.68. The van der Waals surface area contributed by atoms with E-state index >= 15 is 0 Å². The minimum absolute atomic E-state index is 0.0791. The Bertz CT molecular complexity index is 316. The van der Waals surface area contributed by atoms with Crippen LogP contribution in [0.5, 0.6) is 0 Å². The summed E-state index contributed by atoms with van der Waals surface area (Å²) in [6.07, 6.45) is 5.10. The molecule has 0 bridgehead atoms. The zero-order chi connectivity index (χ0) is 13.2. The topological polar surface area (TPSA) is 77.8 Å². The largest absolute Gasteiger partial charge is 0.394 e. The number of carbonyl (C=O) groups excluding carboxylic acids is 2. The van der Waals surface area contributed by atoms with Gasteiger partial charge < -0.3 is 10.2 Å².